The number of nitrogens with one attached hydrogen (secondary N) is 1. The van der Waals surface area contributed by atoms with Crippen LogP contribution in [0.15, 0.2) is 41.1 Å². The molecule has 0 atom stereocenters. The summed E-state index contributed by atoms with van der Waals surface area (Å²) in [5, 5.41) is 11.4. The van der Waals surface area contributed by atoms with Crippen molar-refractivity contribution in [3.63, 3.8) is 0 Å². The largest absolute Gasteiger partial charge is 0.467 e. The van der Waals surface area contributed by atoms with Crippen LogP contribution < -0.4 is 5.32 Å². The van der Waals surface area contributed by atoms with E-state index in [0.717, 1.165) is 0 Å². The molecule has 2 aromatic heterocycles. The summed E-state index contributed by atoms with van der Waals surface area (Å²) in [6, 6.07) is 6.88. The Labute approximate surface area is 110 Å². The lowest BCUT2D eigenvalue weighted by atomic mass is 10.2. The van der Waals surface area contributed by atoms with Gasteiger partial charge in [-0.3, -0.25) is 4.79 Å². The summed E-state index contributed by atoms with van der Waals surface area (Å²) in [4.78, 5) is 16.0. The number of pyridine rings is 1. The second-order valence-corrected chi connectivity index (χ2v) is 3.62. The summed E-state index contributed by atoms with van der Waals surface area (Å²) >= 11 is 0. The van der Waals surface area contributed by atoms with Crippen molar-refractivity contribution >= 4 is 5.91 Å². The van der Waals surface area contributed by atoms with Crippen LogP contribution in [0.25, 0.3) is 0 Å². The topological polar surface area (TPSA) is 75.4 Å². The highest BCUT2D eigenvalue weighted by atomic mass is 16.3. The maximum absolute atomic E-state index is 12.0. The molecule has 0 fully saturated rings. The molecule has 0 saturated carbocycles. The van der Waals surface area contributed by atoms with Crippen molar-refractivity contribution in [3.8, 4) is 11.8 Å². The lowest BCUT2D eigenvalue weighted by Crippen LogP contribution is -2.24. The van der Waals surface area contributed by atoms with Gasteiger partial charge in [-0.15, -0.1) is 0 Å². The number of furan rings is 1. The fourth-order valence-corrected chi connectivity index (χ4v) is 1.49. The summed E-state index contributed by atoms with van der Waals surface area (Å²) in [5.74, 6) is 5.51. The molecule has 0 aliphatic heterocycles. The molecule has 0 spiro atoms. The van der Waals surface area contributed by atoms with E-state index in [0.29, 0.717) is 11.3 Å². The van der Waals surface area contributed by atoms with Crippen LogP contribution in [-0.4, -0.2) is 22.6 Å². The number of amides is 1. The summed E-state index contributed by atoms with van der Waals surface area (Å²) in [5.41, 5.74) is 0.712. The maximum Gasteiger partial charge on any atom is 0.271 e. The number of aromatic nitrogens is 1. The number of aliphatic hydroxyl groups excluding tert-OH is 1. The van der Waals surface area contributed by atoms with Crippen LogP contribution >= 0.6 is 0 Å². The molecule has 5 heteroatoms. The van der Waals surface area contributed by atoms with Gasteiger partial charge in [0.2, 0.25) is 0 Å². The zero-order valence-electron chi connectivity index (χ0n) is 10.1. The minimum Gasteiger partial charge on any atom is -0.467 e. The number of carbonyl (C=O) groups excluding carboxylic acids is 1. The van der Waals surface area contributed by atoms with Crippen molar-refractivity contribution in [1.29, 1.82) is 0 Å². The average molecular weight is 256 g/mol. The first kappa shape index (κ1) is 12.9. The van der Waals surface area contributed by atoms with Crippen molar-refractivity contribution < 1.29 is 14.3 Å². The Bertz CT molecular complexity index is 609. The van der Waals surface area contributed by atoms with Crippen LogP contribution in [0.3, 0.4) is 0 Å². The summed E-state index contributed by atoms with van der Waals surface area (Å²) < 4.78 is 5.12. The van der Waals surface area contributed by atoms with Crippen LogP contribution in [0.2, 0.25) is 0 Å². The Morgan fingerprint density at radius 3 is 3.05 bits per heavy atom. The third-order valence-electron chi connectivity index (χ3n) is 2.33. The zero-order chi connectivity index (χ0) is 13.5. The van der Waals surface area contributed by atoms with E-state index in [1.54, 1.807) is 30.5 Å². The van der Waals surface area contributed by atoms with Crippen molar-refractivity contribution in [2.45, 2.75) is 6.54 Å². The molecule has 2 N–H and O–H groups in total. The van der Waals surface area contributed by atoms with Crippen LogP contribution in [0.4, 0.5) is 0 Å². The van der Waals surface area contributed by atoms with E-state index in [-0.39, 0.29) is 24.8 Å². The van der Waals surface area contributed by atoms with E-state index < -0.39 is 0 Å². The molecule has 0 aliphatic rings. The van der Waals surface area contributed by atoms with E-state index in [1.165, 1.54) is 6.20 Å². The number of hydrogen-bond acceptors (Lipinski definition) is 4. The van der Waals surface area contributed by atoms with E-state index in [1.807, 2.05) is 0 Å². The smallest absolute Gasteiger partial charge is 0.271 e. The number of nitrogens with zero attached hydrogens (tertiary/aromatic N) is 1. The second-order valence-electron chi connectivity index (χ2n) is 3.62. The molecule has 0 aliphatic carbocycles. The molecular weight excluding hydrogens is 244 g/mol. The SMILES string of the molecule is O=C(NCc1ccco1)c1ncccc1C#CCO. The molecule has 0 radical (unpaired) electrons. The van der Waals surface area contributed by atoms with Gasteiger partial charge in [0.15, 0.2) is 0 Å². The van der Waals surface area contributed by atoms with E-state index in [9.17, 15) is 4.79 Å². The summed E-state index contributed by atoms with van der Waals surface area (Å²) in [7, 11) is 0. The first-order valence-electron chi connectivity index (χ1n) is 5.66. The van der Waals surface area contributed by atoms with Gasteiger partial charge in [-0.1, -0.05) is 11.8 Å². The number of aliphatic hydroxyl groups is 1. The van der Waals surface area contributed by atoms with Gasteiger partial charge in [-0.05, 0) is 24.3 Å². The fraction of sp³-hybridized carbons (Fsp3) is 0.143. The lowest BCUT2D eigenvalue weighted by molar-refractivity contribution is 0.0943. The van der Waals surface area contributed by atoms with Gasteiger partial charge < -0.3 is 14.8 Å². The Morgan fingerprint density at radius 1 is 1.42 bits per heavy atom. The standard InChI is InChI=1S/C14H12N2O3/c17-8-2-5-11-4-1-7-15-13(11)14(18)16-10-12-6-3-9-19-12/h1,3-4,6-7,9,17H,8,10H2,(H,16,18). The monoisotopic (exact) mass is 256 g/mol. The van der Waals surface area contributed by atoms with Crippen LogP contribution in [-0.2, 0) is 6.54 Å². The Kier molecular flexibility index (Phi) is 4.32. The number of hydrogen-bond donors (Lipinski definition) is 2. The second kappa shape index (κ2) is 6.38. The fourth-order valence-electron chi connectivity index (χ4n) is 1.49. The third kappa shape index (κ3) is 3.44. The number of carbonyl (C=O) groups is 1. The predicted molar refractivity (Wildman–Crippen MR) is 68.1 cm³/mol. The predicted octanol–water partition coefficient (Wildman–Crippen LogP) is 0.948. The van der Waals surface area contributed by atoms with Crippen molar-refractivity contribution in [2.24, 2.45) is 0 Å². The van der Waals surface area contributed by atoms with Gasteiger partial charge in [-0.25, -0.2) is 4.98 Å². The van der Waals surface area contributed by atoms with Crippen molar-refractivity contribution in [2.75, 3.05) is 6.61 Å². The minimum atomic E-state index is -0.334. The minimum absolute atomic E-state index is 0.231. The lowest BCUT2D eigenvalue weighted by Gasteiger charge is -2.04. The molecule has 96 valence electrons. The maximum atomic E-state index is 12.0. The highest BCUT2D eigenvalue weighted by molar-refractivity contribution is 5.94. The van der Waals surface area contributed by atoms with Gasteiger partial charge >= 0.3 is 0 Å². The van der Waals surface area contributed by atoms with Gasteiger partial charge in [-0.2, -0.15) is 0 Å². The molecular formula is C14H12N2O3. The van der Waals surface area contributed by atoms with Gasteiger partial charge in [0.05, 0.1) is 18.4 Å². The Balaban J connectivity index is 2.10. The van der Waals surface area contributed by atoms with E-state index >= 15 is 0 Å². The van der Waals surface area contributed by atoms with E-state index in [4.69, 9.17) is 9.52 Å². The van der Waals surface area contributed by atoms with Crippen LogP contribution in [0, 0.1) is 11.8 Å². The Morgan fingerprint density at radius 2 is 2.32 bits per heavy atom. The molecule has 19 heavy (non-hydrogen) atoms. The quantitative estimate of drug-likeness (QED) is 0.802. The zero-order valence-corrected chi connectivity index (χ0v) is 10.1. The molecule has 1 amide bonds. The first-order chi connectivity index (χ1) is 9.31. The molecule has 0 saturated heterocycles. The summed E-state index contributed by atoms with van der Waals surface area (Å²) in [6.45, 7) is 0.0254. The van der Waals surface area contributed by atoms with Crippen LogP contribution in [0.5, 0.6) is 0 Å². The van der Waals surface area contributed by atoms with Gasteiger partial charge in [0.1, 0.15) is 18.1 Å². The molecule has 0 aromatic carbocycles. The highest BCUT2D eigenvalue weighted by Crippen LogP contribution is 2.05. The molecule has 2 aromatic rings. The van der Waals surface area contributed by atoms with E-state index in [2.05, 4.69) is 22.1 Å². The first-order valence-corrected chi connectivity index (χ1v) is 5.66. The van der Waals surface area contributed by atoms with Gasteiger partial charge in [0.25, 0.3) is 5.91 Å². The molecule has 2 heterocycles. The molecule has 5 nitrogen and oxygen atoms in total. The van der Waals surface area contributed by atoms with Crippen molar-refractivity contribution in [1.82, 2.24) is 10.3 Å². The average Bonchev–Trinajstić information content (AvgIpc) is 2.96. The highest BCUT2D eigenvalue weighted by Gasteiger charge is 2.11. The molecule has 2 rings (SSSR count). The summed E-state index contributed by atoms with van der Waals surface area (Å²) in [6.07, 6.45) is 3.06. The third-order valence-corrected chi connectivity index (χ3v) is 2.33. The van der Waals surface area contributed by atoms with Crippen LogP contribution in [0.1, 0.15) is 21.8 Å². The Hall–Kier alpha value is -2.58. The number of rotatable bonds is 3. The van der Waals surface area contributed by atoms with Gasteiger partial charge in [0, 0.05) is 6.20 Å². The normalized spacial score (nSPS) is 9.53. The molecule has 0 bridgehead atoms. The van der Waals surface area contributed by atoms with Crippen molar-refractivity contribution in [3.05, 3.63) is 53.7 Å². The molecule has 0 unspecified atom stereocenters.